The standard InChI is InChI=1S/C19H21N5O4/c1-4-28-14(25)11-23-17(26)15-16(21(3)19(23)27)20-18-22(15)10-12(2)24(18)13-8-6-5-7-9-13/h5-10,15-16H,4,11H2,1-3H3. The lowest BCUT2D eigenvalue weighted by Gasteiger charge is -2.39. The van der Waals surface area contributed by atoms with Crippen LogP contribution in [0.5, 0.6) is 0 Å². The lowest BCUT2D eigenvalue weighted by molar-refractivity contribution is -0.150. The number of para-hydroxylation sites is 1. The molecule has 0 spiro atoms. The highest BCUT2D eigenvalue weighted by molar-refractivity contribution is 6.10. The molecule has 1 fully saturated rings. The van der Waals surface area contributed by atoms with Gasteiger partial charge in [-0.15, -0.1) is 0 Å². The third kappa shape index (κ3) is 2.62. The molecule has 9 nitrogen and oxygen atoms in total. The molecule has 4 rings (SSSR count). The molecule has 0 saturated carbocycles. The van der Waals surface area contributed by atoms with Gasteiger partial charge < -0.3 is 14.5 Å². The minimum absolute atomic E-state index is 0.185. The fourth-order valence-corrected chi connectivity index (χ4v) is 3.73. The second-order valence-corrected chi connectivity index (χ2v) is 6.76. The summed E-state index contributed by atoms with van der Waals surface area (Å²) < 4.78 is 4.90. The molecule has 3 aliphatic rings. The number of hydrogen-bond acceptors (Lipinski definition) is 7. The third-order valence-electron chi connectivity index (χ3n) is 4.99. The van der Waals surface area contributed by atoms with Gasteiger partial charge >= 0.3 is 12.0 Å². The van der Waals surface area contributed by atoms with Gasteiger partial charge in [0.05, 0.1) is 6.61 Å². The Morgan fingerprint density at radius 3 is 2.61 bits per heavy atom. The molecule has 9 heteroatoms. The SMILES string of the molecule is CCOC(=O)CN1C(=O)C2C(N=C3N(c4ccccc4)C(C)=CN32)N(C)C1=O. The molecule has 0 radical (unpaired) electrons. The number of likely N-dealkylation sites (N-methyl/N-ethyl adjacent to an activating group) is 1. The van der Waals surface area contributed by atoms with Crippen molar-refractivity contribution in [2.24, 2.45) is 4.99 Å². The molecule has 0 aliphatic carbocycles. The number of anilines is 1. The minimum atomic E-state index is -0.712. The third-order valence-corrected chi connectivity index (χ3v) is 4.99. The molecule has 1 aromatic carbocycles. The van der Waals surface area contributed by atoms with Crippen molar-refractivity contribution in [3.8, 4) is 0 Å². The molecule has 2 unspecified atom stereocenters. The van der Waals surface area contributed by atoms with E-state index in [-0.39, 0.29) is 6.61 Å². The Morgan fingerprint density at radius 2 is 1.93 bits per heavy atom. The van der Waals surface area contributed by atoms with E-state index in [9.17, 15) is 14.4 Å². The molecule has 1 saturated heterocycles. The van der Waals surface area contributed by atoms with Crippen molar-refractivity contribution in [3.05, 3.63) is 42.2 Å². The van der Waals surface area contributed by atoms with Gasteiger partial charge in [-0.25, -0.2) is 9.79 Å². The second-order valence-electron chi connectivity index (χ2n) is 6.76. The van der Waals surface area contributed by atoms with Crippen LogP contribution in [-0.2, 0) is 14.3 Å². The van der Waals surface area contributed by atoms with Gasteiger partial charge in [-0.05, 0) is 26.0 Å². The number of allylic oxidation sites excluding steroid dienone is 1. The number of nitrogens with zero attached hydrogens (tertiary/aromatic N) is 5. The second kappa shape index (κ2) is 6.66. The van der Waals surface area contributed by atoms with Crippen molar-refractivity contribution in [1.82, 2.24) is 14.7 Å². The zero-order valence-electron chi connectivity index (χ0n) is 15.9. The van der Waals surface area contributed by atoms with Crippen LogP contribution in [0.3, 0.4) is 0 Å². The summed E-state index contributed by atoms with van der Waals surface area (Å²) >= 11 is 0. The first-order valence-electron chi connectivity index (χ1n) is 9.07. The summed E-state index contributed by atoms with van der Waals surface area (Å²) in [5, 5.41) is 0. The zero-order chi connectivity index (χ0) is 20.0. The average molecular weight is 383 g/mol. The predicted octanol–water partition coefficient (Wildman–Crippen LogP) is 1.19. The molecule has 0 bridgehead atoms. The van der Waals surface area contributed by atoms with Crippen LogP contribution in [0.25, 0.3) is 0 Å². The number of carbonyl (C=O) groups excluding carboxylic acids is 3. The number of fused-ring (bicyclic) bond motifs is 3. The van der Waals surface area contributed by atoms with Crippen molar-refractivity contribution < 1.29 is 19.1 Å². The maximum Gasteiger partial charge on any atom is 0.328 e. The fourth-order valence-electron chi connectivity index (χ4n) is 3.73. The summed E-state index contributed by atoms with van der Waals surface area (Å²) in [6.07, 6.45) is 1.20. The van der Waals surface area contributed by atoms with Crippen molar-refractivity contribution in [1.29, 1.82) is 0 Å². The van der Waals surface area contributed by atoms with E-state index in [4.69, 9.17) is 4.74 Å². The van der Waals surface area contributed by atoms with Crippen LogP contribution in [0.4, 0.5) is 10.5 Å². The largest absolute Gasteiger partial charge is 0.465 e. The van der Waals surface area contributed by atoms with Gasteiger partial charge in [-0.1, -0.05) is 18.2 Å². The number of guanidine groups is 1. The number of ether oxygens (including phenoxy) is 1. The van der Waals surface area contributed by atoms with E-state index in [1.165, 1.54) is 4.90 Å². The Bertz CT molecular complexity index is 897. The Hall–Kier alpha value is -3.36. The molecular formula is C19H21N5O4. The van der Waals surface area contributed by atoms with E-state index in [0.29, 0.717) is 5.96 Å². The molecule has 28 heavy (non-hydrogen) atoms. The summed E-state index contributed by atoms with van der Waals surface area (Å²) in [7, 11) is 1.58. The van der Waals surface area contributed by atoms with Gasteiger partial charge in [0.15, 0.2) is 12.2 Å². The molecule has 2 atom stereocenters. The Balaban J connectivity index is 1.66. The smallest absolute Gasteiger partial charge is 0.328 e. The highest BCUT2D eigenvalue weighted by Crippen LogP contribution is 2.36. The number of urea groups is 1. The number of hydrogen-bond donors (Lipinski definition) is 0. The van der Waals surface area contributed by atoms with Gasteiger partial charge in [0.25, 0.3) is 5.91 Å². The van der Waals surface area contributed by atoms with Gasteiger partial charge in [-0.3, -0.25) is 19.4 Å². The van der Waals surface area contributed by atoms with Crippen molar-refractivity contribution >= 4 is 29.6 Å². The number of amides is 3. The lowest BCUT2D eigenvalue weighted by Crippen LogP contribution is -2.65. The van der Waals surface area contributed by atoms with Gasteiger partial charge in [0.2, 0.25) is 5.96 Å². The first-order chi connectivity index (χ1) is 13.4. The van der Waals surface area contributed by atoms with Gasteiger partial charge in [0, 0.05) is 24.6 Å². The summed E-state index contributed by atoms with van der Waals surface area (Å²) in [6, 6.07) is 8.42. The van der Waals surface area contributed by atoms with Crippen LogP contribution in [0.1, 0.15) is 13.8 Å². The summed E-state index contributed by atoms with van der Waals surface area (Å²) in [5.74, 6) is -0.488. The Kier molecular flexibility index (Phi) is 4.29. The normalized spacial score (nSPS) is 23.5. The number of rotatable bonds is 4. The molecule has 146 valence electrons. The van der Waals surface area contributed by atoms with E-state index in [2.05, 4.69) is 4.99 Å². The molecule has 1 aromatic rings. The minimum Gasteiger partial charge on any atom is -0.465 e. The summed E-state index contributed by atoms with van der Waals surface area (Å²) in [4.78, 5) is 48.3. The lowest BCUT2D eigenvalue weighted by atomic mass is 10.1. The Labute approximate surface area is 162 Å². The number of imide groups is 1. The van der Waals surface area contributed by atoms with Crippen LogP contribution in [0.2, 0.25) is 0 Å². The van der Waals surface area contributed by atoms with Crippen LogP contribution in [0, 0.1) is 0 Å². The van der Waals surface area contributed by atoms with Crippen LogP contribution in [0.15, 0.2) is 47.2 Å². The van der Waals surface area contributed by atoms with Crippen molar-refractivity contribution in [3.63, 3.8) is 0 Å². The highest BCUT2D eigenvalue weighted by atomic mass is 16.5. The first-order valence-corrected chi connectivity index (χ1v) is 9.07. The molecule has 3 aliphatic heterocycles. The molecular weight excluding hydrogens is 362 g/mol. The number of esters is 1. The van der Waals surface area contributed by atoms with Crippen LogP contribution < -0.4 is 4.90 Å². The number of benzene rings is 1. The average Bonchev–Trinajstić information content (AvgIpc) is 3.19. The van der Waals surface area contributed by atoms with E-state index < -0.39 is 36.7 Å². The maximum atomic E-state index is 13.1. The van der Waals surface area contributed by atoms with Crippen molar-refractivity contribution in [2.75, 3.05) is 25.1 Å². The molecule has 0 N–H and O–H groups in total. The van der Waals surface area contributed by atoms with Crippen molar-refractivity contribution in [2.45, 2.75) is 26.1 Å². The quantitative estimate of drug-likeness (QED) is 0.726. The zero-order valence-corrected chi connectivity index (χ0v) is 15.9. The predicted molar refractivity (Wildman–Crippen MR) is 101 cm³/mol. The Morgan fingerprint density at radius 1 is 1.21 bits per heavy atom. The maximum absolute atomic E-state index is 13.1. The molecule has 0 aromatic heterocycles. The van der Waals surface area contributed by atoms with Gasteiger partial charge in [-0.2, -0.15) is 0 Å². The monoisotopic (exact) mass is 383 g/mol. The van der Waals surface area contributed by atoms with E-state index in [0.717, 1.165) is 16.3 Å². The fraction of sp³-hybridized carbons (Fsp3) is 0.368. The van der Waals surface area contributed by atoms with E-state index in [1.54, 1.807) is 18.9 Å². The topological polar surface area (TPSA) is 85.8 Å². The van der Waals surface area contributed by atoms with E-state index >= 15 is 0 Å². The highest BCUT2D eigenvalue weighted by Gasteiger charge is 2.54. The number of carbonyl (C=O) groups is 3. The van der Waals surface area contributed by atoms with Crippen LogP contribution in [-0.4, -0.2) is 71.0 Å². The van der Waals surface area contributed by atoms with Crippen LogP contribution >= 0.6 is 0 Å². The molecule has 3 amide bonds. The summed E-state index contributed by atoms with van der Waals surface area (Å²) in [6.45, 7) is 3.38. The number of aliphatic imine (C=N–C) groups is 1. The molecule has 3 heterocycles. The first kappa shape index (κ1) is 18.0. The van der Waals surface area contributed by atoms with E-state index in [1.807, 2.05) is 48.4 Å². The summed E-state index contributed by atoms with van der Waals surface area (Å²) in [5.41, 5.74) is 1.83. The van der Waals surface area contributed by atoms with Gasteiger partial charge in [0.1, 0.15) is 6.54 Å².